The maximum absolute atomic E-state index is 12.6. The molecule has 3 aromatic rings. The number of hydrogen-bond acceptors (Lipinski definition) is 4. The van der Waals surface area contributed by atoms with Gasteiger partial charge in [-0.1, -0.05) is 24.3 Å². The quantitative estimate of drug-likeness (QED) is 0.650. The number of rotatable bonds is 7. The van der Waals surface area contributed by atoms with Crippen molar-refractivity contribution in [3.05, 3.63) is 77.9 Å². The molecule has 2 aromatic carbocycles. The van der Waals surface area contributed by atoms with Crippen molar-refractivity contribution in [3.8, 4) is 0 Å². The van der Waals surface area contributed by atoms with Gasteiger partial charge in [0.05, 0.1) is 12.6 Å². The van der Waals surface area contributed by atoms with Crippen LogP contribution in [0.4, 0.5) is 5.69 Å². The van der Waals surface area contributed by atoms with E-state index < -0.39 is 0 Å². The Kier molecular flexibility index (Phi) is 5.37. The number of anilines is 1. The number of nitrogens with zero attached hydrogens (tertiary/aromatic N) is 3. The molecule has 7 nitrogen and oxygen atoms in total. The standard InChI is InChI=1S/C22H23N5O2/c1-15(17-8-10-20(11-9-17)26-22(29)19-6-7-19)25-21(28)18-4-2-16(3-5-18)12-27-14-23-13-24-27/h2-5,8-11,13-15,19H,6-7,12H2,1H3,(H,25,28)(H,26,29). The normalized spacial score (nSPS) is 14.2. The molecule has 7 heteroatoms. The van der Waals surface area contributed by atoms with Crippen molar-refractivity contribution in [1.82, 2.24) is 20.1 Å². The number of nitrogens with one attached hydrogen (secondary N) is 2. The zero-order valence-electron chi connectivity index (χ0n) is 16.2. The van der Waals surface area contributed by atoms with Crippen LogP contribution in [0.25, 0.3) is 0 Å². The summed E-state index contributed by atoms with van der Waals surface area (Å²) >= 11 is 0. The van der Waals surface area contributed by atoms with Gasteiger partial charge in [0.2, 0.25) is 5.91 Å². The number of carbonyl (C=O) groups is 2. The molecule has 1 unspecified atom stereocenters. The van der Waals surface area contributed by atoms with Crippen LogP contribution in [-0.4, -0.2) is 26.6 Å². The van der Waals surface area contributed by atoms with Gasteiger partial charge in [0.1, 0.15) is 12.7 Å². The number of hydrogen-bond donors (Lipinski definition) is 2. The molecule has 1 aromatic heterocycles. The predicted molar refractivity (Wildman–Crippen MR) is 109 cm³/mol. The van der Waals surface area contributed by atoms with Crippen molar-refractivity contribution in [3.63, 3.8) is 0 Å². The van der Waals surface area contributed by atoms with Gasteiger partial charge < -0.3 is 10.6 Å². The van der Waals surface area contributed by atoms with Crippen LogP contribution in [-0.2, 0) is 11.3 Å². The summed E-state index contributed by atoms with van der Waals surface area (Å²) in [7, 11) is 0. The molecule has 1 aliphatic rings. The van der Waals surface area contributed by atoms with Crippen molar-refractivity contribution in [2.75, 3.05) is 5.32 Å². The minimum Gasteiger partial charge on any atom is -0.346 e. The molecule has 4 rings (SSSR count). The Bertz CT molecular complexity index is 977. The van der Waals surface area contributed by atoms with Gasteiger partial charge >= 0.3 is 0 Å². The first-order chi connectivity index (χ1) is 14.1. The van der Waals surface area contributed by atoms with Crippen molar-refractivity contribution in [2.24, 2.45) is 5.92 Å². The predicted octanol–water partition coefficient (Wildman–Crippen LogP) is 3.17. The van der Waals surface area contributed by atoms with E-state index in [-0.39, 0.29) is 23.8 Å². The topological polar surface area (TPSA) is 88.9 Å². The van der Waals surface area contributed by atoms with Gasteiger partial charge in [-0.05, 0) is 55.2 Å². The molecule has 0 saturated heterocycles. The zero-order valence-corrected chi connectivity index (χ0v) is 16.2. The molecule has 0 aliphatic heterocycles. The van der Waals surface area contributed by atoms with Gasteiger partial charge in [0.15, 0.2) is 0 Å². The number of carbonyl (C=O) groups excluding carboxylic acids is 2. The highest BCUT2D eigenvalue weighted by molar-refractivity contribution is 5.95. The molecule has 1 atom stereocenters. The van der Waals surface area contributed by atoms with E-state index in [1.54, 1.807) is 11.0 Å². The summed E-state index contributed by atoms with van der Waals surface area (Å²) in [4.78, 5) is 28.3. The lowest BCUT2D eigenvalue weighted by Gasteiger charge is -2.15. The Hall–Kier alpha value is -3.48. The van der Waals surface area contributed by atoms with Gasteiger partial charge in [0, 0.05) is 17.2 Å². The molecule has 1 fully saturated rings. The molecular weight excluding hydrogens is 366 g/mol. The Balaban J connectivity index is 1.33. The minimum atomic E-state index is -0.148. The SMILES string of the molecule is CC(NC(=O)c1ccc(Cn2cncn2)cc1)c1ccc(NC(=O)C2CC2)cc1. The third kappa shape index (κ3) is 4.87. The maximum atomic E-state index is 12.6. The second-order valence-corrected chi connectivity index (χ2v) is 7.37. The molecule has 148 valence electrons. The van der Waals surface area contributed by atoms with Crippen LogP contribution in [0.2, 0.25) is 0 Å². The van der Waals surface area contributed by atoms with Crippen molar-refractivity contribution in [2.45, 2.75) is 32.4 Å². The molecule has 0 bridgehead atoms. The van der Waals surface area contributed by atoms with Gasteiger partial charge in [-0.3, -0.25) is 9.59 Å². The lowest BCUT2D eigenvalue weighted by Crippen LogP contribution is -2.26. The van der Waals surface area contributed by atoms with E-state index in [9.17, 15) is 9.59 Å². The van der Waals surface area contributed by atoms with Crippen molar-refractivity contribution in [1.29, 1.82) is 0 Å². The molecule has 1 saturated carbocycles. The molecule has 29 heavy (non-hydrogen) atoms. The van der Waals surface area contributed by atoms with Crippen LogP contribution in [0.15, 0.2) is 61.2 Å². The first kappa shape index (κ1) is 18.9. The largest absolute Gasteiger partial charge is 0.346 e. The first-order valence-corrected chi connectivity index (χ1v) is 9.71. The maximum Gasteiger partial charge on any atom is 0.251 e. The van der Waals surface area contributed by atoms with E-state index >= 15 is 0 Å². The number of benzene rings is 2. The third-order valence-corrected chi connectivity index (χ3v) is 5.00. The Labute approximate surface area is 169 Å². The zero-order chi connectivity index (χ0) is 20.2. The smallest absolute Gasteiger partial charge is 0.251 e. The van der Waals surface area contributed by atoms with Crippen LogP contribution < -0.4 is 10.6 Å². The van der Waals surface area contributed by atoms with Gasteiger partial charge in [0.25, 0.3) is 5.91 Å². The lowest BCUT2D eigenvalue weighted by molar-refractivity contribution is -0.117. The molecule has 0 spiro atoms. The molecule has 1 aliphatic carbocycles. The summed E-state index contributed by atoms with van der Waals surface area (Å²) in [5.41, 5.74) is 3.41. The summed E-state index contributed by atoms with van der Waals surface area (Å²) in [5.74, 6) is 0.137. The minimum absolute atomic E-state index is 0.0892. The molecule has 2 amide bonds. The first-order valence-electron chi connectivity index (χ1n) is 9.71. The van der Waals surface area contributed by atoms with Gasteiger partial charge in [-0.2, -0.15) is 5.10 Å². The van der Waals surface area contributed by atoms with Crippen LogP contribution in [0.1, 0.15) is 47.3 Å². The van der Waals surface area contributed by atoms with Crippen LogP contribution in [0, 0.1) is 5.92 Å². The monoisotopic (exact) mass is 389 g/mol. The van der Waals surface area contributed by atoms with E-state index in [4.69, 9.17) is 0 Å². The highest BCUT2D eigenvalue weighted by Crippen LogP contribution is 2.30. The fourth-order valence-corrected chi connectivity index (χ4v) is 3.07. The lowest BCUT2D eigenvalue weighted by atomic mass is 10.1. The van der Waals surface area contributed by atoms with E-state index in [2.05, 4.69) is 20.7 Å². The van der Waals surface area contributed by atoms with E-state index in [0.29, 0.717) is 12.1 Å². The highest BCUT2D eigenvalue weighted by atomic mass is 16.2. The highest BCUT2D eigenvalue weighted by Gasteiger charge is 2.29. The summed E-state index contributed by atoms with van der Waals surface area (Å²) < 4.78 is 1.73. The fourth-order valence-electron chi connectivity index (χ4n) is 3.07. The van der Waals surface area contributed by atoms with Crippen molar-refractivity contribution < 1.29 is 9.59 Å². The summed E-state index contributed by atoms with van der Waals surface area (Å²) in [6.07, 6.45) is 5.12. The van der Waals surface area contributed by atoms with E-state index in [1.165, 1.54) is 6.33 Å². The Morgan fingerprint density at radius 2 is 1.83 bits per heavy atom. The number of aromatic nitrogens is 3. The van der Waals surface area contributed by atoms with Crippen molar-refractivity contribution >= 4 is 17.5 Å². The van der Waals surface area contributed by atoms with E-state index in [1.807, 2.05) is 55.5 Å². The Morgan fingerprint density at radius 1 is 1.10 bits per heavy atom. The number of amides is 2. The summed E-state index contributed by atoms with van der Waals surface area (Å²) in [6, 6.07) is 14.9. The third-order valence-electron chi connectivity index (χ3n) is 5.00. The van der Waals surface area contributed by atoms with Gasteiger partial charge in [-0.25, -0.2) is 9.67 Å². The molecule has 2 N–H and O–H groups in total. The molecule has 0 radical (unpaired) electrons. The van der Waals surface area contributed by atoms with E-state index in [0.717, 1.165) is 29.7 Å². The second-order valence-electron chi connectivity index (χ2n) is 7.37. The average molecular weight is 389 g/mol. The summed E-state index contributed by atoms with van der Waals surface area (Å²) in [5, 5.41) is 10.0. The second kappa shape index (κ2) is 8.26. The van der Waals surface area contributed by atoms with Crippen LogP contribution >= 0.6 is 0 Å². The molecule has 1 heterocycles. The van der Waals surface area contributed by atoms with Gasteiger partial charge in [-0.15, -0.1) is 0 Å². The average Bonchev–Trinajstić information content (AvgIpc) is 3.47. The fraction of sp³-hybridized carbons (Fsp3) is 0.273. The van der Waals surface area contributed by atoms with Crippen LogP contribution in [0.5, 0.6) is 0 Å². The summed E-state index contributed by atoms with van der Waals surface area (Å²) in [6.45, 7) is 2.55. The Morgan fingerprint density at radius 3 is 2.45 bits per heavy atom. The van der Waals surface area contributed by atoms with Crippen LogP contribution in [0.3, 0.4) is 0 Å². The molecular formula is C22H23N5O2.